The molecule has 0 aromatic carbocycles. The van der Waals surface area contributed by atoms with Gasteiger partial charge < -0.3 is 18.9 Å². The summed E-state index contributed by atoms with van der Waals surface area (Å²) in [4.78, 5) is 46.9. The van der Waals surface area contributed by atoms with Gasteiger partial charge in [-0.05, 0) is 0 Å². The molecule has 0 aromatic rings. The molecule has 0 bridgehead atoms. The fourth-order valence-corrected chi connectivity index (χ4v) is 2.22. The van der Waals surface area contributed by atoms with Gasteiger partial charge in [0.05, 0.1) is 28.4 Å². The van der Waals surface area contributed by atoms with Gasteiger partial charge in [0.15, 0.2) is 5.92 Å². The highest BCUT2D eigenvalue weighted by atomic mass is 127. The molecule has 0 saturated carbocycles. The molecule has 0 spiro atoms. The number of alkyl halides is 1. The fourth-order valence-electron chi connectivity index (χ4n) is 1.27. The third-order valence-corrected chi connectivity index (χ3v) is 3.74. The maximum Gasteiger partial charge on any atom is 0.334 e. The van der Waals surface area contributed by atoms with Crippen LogP contribution in [0.15, 0.2) is 0 Å². The van der Waals surface area contributed by atoms with Crippen LogP contribution in [0.4, 0.5) is 0 Å². The Bertz CT molecular complexity index is 359. The van der Waals surface area contributed by atoms with Crippen LogP contribution >= 0.6 is 22.6 Å². The zero-order chi connectivity index (χ0) is 15.2. The van der Waals surface area contributed by atoms with Crippen molar-refractivity contribution in [3.63, 3.8) is 0 Å². The normalized spacial score (nSPS) is 10.6. The van der Waals surface area contributed by atoms with E-state index in [1.165, 1.54) is 22.6 Å². The zero-order valence-corrected chi connectivity index (χ0v) is 12.9. The van der Waals surface area contributed by atoms with Gasteiger partial charge in [0, 0.05) is 0 Å². The lowest BCUT2D eigenvalue weighted by atomic mass is 9.92. The summed E-state index contributed by atoms with van der Waals surface area (Å²) in [6.45, 7) is 0. The van der Waals surface area contributed by atoms with E-state index in [-0.39, 0.29) is 0 Å². The maximum atomic E-state index is 11.8. The molecular formula is C10H13IO8. The van der Waals surface area contributed by atoms with Gasteiger partial charge in [-0.15, -0.1) is 0 Å². The van der Waals surface area contributed by atoms with E-state index in [2.05, 4.69) is 18.9 Å². The Morgan fingerprint density at radius 2 is 1.11 bits per heavy atom. The lowest BCUT2D eigenvalue weighted by molar-refractivity contribution is -0.172. The highest BCUT2D eigenvalue weighted by Crippen LogP contribution is 2.33. The third-order valence-electron chi connectivity index (χ3n) is 2.24. The van der Waals surface area contributed by atoms with Crippen molar-refractivity contribution in [2.24, 2.45) is 5.92 Å². The minimum absolute atomic E-state index is 1.00. The standard InChI is InChI=1S/C10H13IO8/c1-16-6(12)5(7(13)17-2)10(11,8(14)18-3)9(15)19-4/h5H,1-4H3. The summed E-state index contributed by atoms with van der Waals surface area (Å²) in [6, 6.07) is 0. The molecule has 0 rings (SSSR count). The average molecular weight is 388 g/mol. The van der Waals surface area contributed by atoms with Crippen LogP contribution in [0.3, 0.4) is 0 Å². The molecule has 0 unspecified atom stereocenters. The van der Waals surface area contributed by atoms with Crippen LogP contribution in [0, 0.1) is 5.92 Å². The number of methoxy groups -OCH3 is 4. The number of ether oxygens (including phenoxy) is 4. The van der Waals surface area contributed by atoms with Gasteiger partial charge in [0.1, 0.15) is 0 Å². The Labute approximate surface area is 122 Å². The predicted molar refractivity (Wildman–Crippen MR) is 68.3 cm³/mol. The fraction of sp³-hybridized carbons (Fsp3) is 0.600. The third kappa shape index (κ3) is 3.33. The first-order valence-corrected chi connectivity index (χ1v) is 5.90. The molecule has 0 atom stereocenters. The van der Waals surface area contributed by atoms with Crippen LogP contribution in [-0.2, 0) is 38.1 Å². The number of esters is 4. The van der Waals surface area contributed by atoms with E-state index in [1.54, 1.807) is 0 Å². The van der Waals surface area contributed by atoms with E-state index in [1.807, 2.05) is 0 Å². The van der Waals surface area contributed by atoms with Crippen LogP contribution in [0.5, 0.6) is 0 Å². The van der Waals surface area contributed by atoms with Crippen molar-refractivity contribution in [2.75, 3.05) is 28.4 Å². The largest absolute Gasteiger partial charge is 0.468 e. The second-order valence-electron chi connectivity index (χ2n) is 3.17. The highest BCUT2D eigenvalue weighted by Gasteiger charge is 2.60. The van der Waals surface area contributed by atoms with Crippen molar-refractivity contribution < 1.29 is 38.1 Å². The van der Waals surface area contributed by atoms with Crippen LogP contribution in [-0.4, -0.2) is 55.7 Å². The molecule has 0 aromatic heterocycles. The SMILES string of the molecule is COC(=O)C(C(=O)OC)C(I)(C(=O)OC)C(=O)OC. The summed E-state index contributed by atoms with van der Waals surface area (Å²) < 4.78 is 15.5. The van der Waals surface area contributed by atoms with Crippen LogP contribution in [0.1, 0.15) is 0 Å². The quantitative estimate of drug-likeness (QED) is 0.204. The second kappa shape index (κ2) is 7.26. The molecule has 108 valence electrons. The van der Waals surface area contributed by atoms with Gasteiger partial charge in [-0.3, -0.25) is 9.59 Å². The lowest BCUT2D eigenvalue weighted by Gasteiger charge is -2.26. The van der Waals surface area contributed by atoms with E-state index in [4.69, 9.17) is 0 Å². The molecule has 0 radical (unpaired) electrons. The summed E-state index contributed by atoms with van der Waals surface area (Å²) >= 11 is 1.32. The van der Waals surface area contributed by atoms with E-state index >= 15 is 0 Å². The van der Waals surface area contributed by atoms with Crippen LogP contribution < -0.4 is 0 Å². The van der Waals surface area contributed by atoms with Crippen molar-refractivity contribution in [3.8, 4) is 0 Å². The molecule has 0 saturated heterocycles. The topological polar surface area (TPSA) is 105 Å². The Morgan fingerprint density at radius 3 is 1.32 bits per heavy atom. The van der Waals surface area contributed by atoms with Crippen molar-refractivity contribution >= 4 is 46.5 Å². The Morgan fingerprint density at radius 1 is 0.789 bits per heavy atom. The first-order chi connectivity index (χ1) is 8.80. The van der Waals surface area contributed by atoms with Crippen molar-refractivity contribution in [1.29, 1.82) is 0 Å². The monoisotopic (exact) mass is 388 g/mol. The number of carbonyl (C=O) groups is 4. The van der Waals surface area contributed by atoms with Crippen LogP contribution in [0.25, 0.3) is 0 Å². The molecule has 0 fully saturated rings. The van der Waals surface area contributed by atoms with Gasteiger partial charge in [-0.25, -0.2) is 9.59 Å². The van der Waals surface area contributed by atoms with Crippen molar-refractivity contribution in [1.82, 2.24) is 0 Å². The Kier molecular flexibility index (Phi) is 6.73. The van der Waals surface area contributed by atoms with Gasteiger partial charge in [-0.1, -0.05) is 22.6 Å². The van der Waals surface area contributed by atoms with Gasteiger partial charge in [-0.2, -0.15) is 0 Å². The van der Waals surface area contributed by atoms with Crippen molar-refractivity contribution in [3.05, 3.63) is 0 Å². The molecule has 0 heterocycles. The smallest absolute Gasteiger partial charge is 0.334 e. The second-order valence-corrected chi connectivity index (χ2v) is 4.88. The van der Waals surface area contributed by atoms with Crippen LogP contribution in [0.2, 0.25) is 0 Å². The van der Waals surface area contributed by atoms with E-state index < -0.39 is 33.2 Å². The van der Waals surface area contributed by atoms with Gasteiger partial charge in [0.25, 0.3) is 0 Å². The summed E-state index contributed by atoms with van der Waals surface area (Å²) in [6.07, 6.45) is 0. The van der Waals surface area contributed by atoms with E-state index in [0.29, 0.717) is 0 Å². The number of hydrogen-bond acceptors (Lipinski definition) is 8. The average Bonchev–Trinajstić information content (AvgIpc) is 2.44. The Hall–Kier alpha value is -1.39. The lowest BCUT2D eigenvalue weighted by Crippen LogP contribution is -2.55. The molecule has 0 aliphatic heterocycles. The van der Waals surface area contributed by atoms with Gasteiger partial charge >= 0.3 is 23.9 Å². The predicted octanol–water partition coefficient (Wildman–Crippen LogP) is -0.532. The first kappa shape index (κ1) is 17.6. The van der Waals surface area contributed by atoms with Crippen molar-refractivity contribution in [2.45, 2.75) is 3.42 Å². The first-order valence-electron chi connectivity index (χ1n) is 4.82. The summed E-state index contributed by atoms with van der Waals surface area (Å²) in [5.41, 5.74) is 0. The molecule has 19 heavy (non-hydrogen) atoms. The van der Waals surface area contributed by atoms with Gasteiger partial charge in [0.2, 0.25) is 3.42 Å². The summed E-state index contributed by atoms with van der Waals surface area (Å²) in [5.74, 6) is -6.31. The summed E-state index contributed by atoms with van der Waals surface area (Å²) in [5, 5.41) is 0. The maximum absolute atomic E-state index is 11.8. The van der Waals surface area contributed by atoms with E-state index in [0.717, 1.165) is 28.4 Å². The number of carbonyl (C=O) groups excluding carboxylic acids is 4. The number of hydrogen-bond donors (Lipinski definition) is 0. The molecule has 0 amide bonds. The number of halogens is 1. The van der Waals surface area contributed by atoms with E-state index in [9.17, 15) is 19.2 Å². The highest BCUT2D eigenvalue weighted by molar-refractivity contribution is 14.1. The minimum Gasteiger partial charge on any atom is -0.468 e. The molecule has 0 aliphatic rings. The zero-order valence-electron chi connectivity index (χ0n) is 10.7. The molecule has 9 heteroatoms. The Balaban J connectivity index is 5.89. The molecule has 0 N–H and O–H groups in total. The summed E-state index contributed by atoms with van der Waals surface area (Å²) in [7, 11) is 4.02. The molecule has 8 nitrogen and oxygen atoms in total. The molecule has 0 aliphatic carbocycles. The molecular weight excluding hydrogens is 375 g/mol. The number of rotatable bonds is 5. The minimum atomic E-state index is -2.22.